The summed E-state index contributed by atoms with van der Waals surface area (Å²) < 4.78 is 12.7. The van der Waals surface area contributed by atoms with Crippen molar-refractivity contribution in [1.82, 2.24) is 4.90 Å². The standard InChI is InChI=1S/C7H8FNOS/c1-9(2)7(10)5-3-11-4-6(5)8/h3-4H,1-2H3. The molecule has 0 aliphatic carbocycles. The molecule has 0 spiro atoms. The Balaban J connectivity index is 2.93. The molecule has 0 unspecified atom stereocenters. The molecule has 0 saturated heterocycles. The van der Waals surface area contributed by atoms with Crippen LogP contribution in [-0.4, -0.2) is 24.9 Å². The van der Waals surface area contributed by atoms with E-state index < -0.39 is 5.82 Å². The number of thiophene rings is 1. The Bertz CT molecular complexity index is 269. The molecule has 4 heteroatoms. The van der Waals surface area contributed by atoms with Crippen molar-refractivity contribution in [2.24, 2.45) is 0 Å². The number of halogens is 1. The van der Waals surface area contributed by atoms with Crippen LogP contribution >= 0.6 is 11.3 Å². The van der Waals surface area contributed by atoms with Crippen LogP contribution in [0.15, 0.2) is 10.8 Å². The van der Waals surface area contributed by atoms with Gasteiger partial charge in [0.2, 0.25) is 0 Å². The lowest BCUT2D eigenvalue weighted by Gasteiger charge is -2.07. The molecule has 0 saturated carbocycles. The largest absolute Gasteiger partial charge is 0.345 e. The number of hydrogen-bond acceptors (Lipinski definition) is 2. The Kier molecular flexibility index (Phi) is 2.24. The van der Waals surface area contributed by atoms with Gasteiger partial charge in [0.25, 0.3) is 5.91 Å². The highest BCUT2D eigenvalue weighted by molar-refractivity contribution is 7.08. The summed E-state index contributed by atoms with van der Waals surface area (Å²) in [6.45, 7) is 0. The Morgan fingerprint density at radius 1 is 1.55 bits per heavy atom. The predicted molar refractivity (Wildman–Crippen MR) is 42.3 cm³/mol. The number of carbonyl (C=O) groups excluding carboxylic acids is 1. The molecule has 60 valence electrons. The first-order valence-electron chi connectivity index (χ1n) is 3.06. The van der Waals surface area contributed by atoms with Gasteiger partial charge in [0.05, 0.1) is 5.56 Å². The Labute approximate surface area is 68.3 Å². The SMILES string of the molecule is CN(C)C(=O)c1cscc1F. The number of hydrogen-bond donors (Lipinski definition) is 0. The molecule has 1 rings (SSSR count). The van der Waals surface area contributed by atoms with Gasteiger partial charge in [-0.3, -0.25) is 4.79 Å². The molecule has 0 N–H and O–H groups in total. The van der Waals surface area contributed by atoms with Crippen LogP contribution in [0.2, 0.25) is 0 Å². The monoisotopic (exact) mass is 173 g/mol. The van der Waals surface area contributed by atoms with Gasteiger partial charge in [-0.15, -0.1) is 11.3 Å². The summed E-state index contributed by atoms with van der Waals surface area (Å²) in [6.07, 6.45) is 0. The van der Waals surface area contributed by atoms with E-state index in [-0.39, 0.29) is 11.5 Å². The van der Waals surface area contributed by atoms with Gasteiger partial charge in [-0.1, -0.05) is 0 Å². The Morgan fingerprint density at radius 3 is 2.55 bits per heavy atom. The van der Waals surface area contributed by atoms with E-state index in [2.05, 4.69) is 0 Å². The molecule has 0 bridgehead atoms. The molecule has 0 aliphatic heterocycles. The van der Waals surface area contributed by atoms with Gasteiger partial charge in [0, 0.05) is 24.9 Å². The zero-order valence-electron chi connectivity index (χ0n) is 6.30. The lowest BCUT2D eigenvalue weighted by molar-refractivity contribution is 0.0824. The van der Waals surface area contributed by atoms with E-state index in [0.29, 0.717) is 0 Å². The summed E-state index contributed by atoms with van der Waals surface area (Å²) in [5.41, 5.74) is 0.153. The van der Waals surface area contributed by atoms with Crippen LogP contribution in [-0.2, 0) is 0 Å². The number of nitrogens with zero attached hydrogens (tertiary/aromatic N) is 1. The molecular weight excluding hydrogens is 165 g/mol. The second kappa shape index (κ2) is 3.00. The summed E-state index contributed by atoms with van der Waals surface area (Å²) >= 11 is 1.19. The first-order chi connectivity index (χ1) is 5.13. The Morgan fingerprint density at radius 2 is 2.18 bits per heavy atom. The van der Waals surface area contributed by atoms with E-state index in [9.17, 15) is 9.18 Å². The van der Waals surface area contributed by atoms with Crippen LogP contribution in [0, 0.1) is 5.82 Å². The molecule has 0 fully saturated rings. The van der Waals surface area contributed by atoms with Gasteiger partial charge in [0.1, 0.15) is 5.82 Å². The van der Waals surface area contributed by atoms with Gasteiger partial charge in [-0.05, 0) is 0 Å². The fraction of sp³-hybridized carbons (Fsp3) is 0.286. The summed E-state index contributed by atoms with van der Waals surface area (Å²) in [4.78, 5) is 12.5. The van der Waals surface area contributed by atoms with Crippen LogP contribution in [0.1, 0.15) is 10.4 Å². The van der Waals surface area contributed by atoms with Crippen LogP contribution in [0.25, 0.3) is 0 Å². The van der Waals surface area contributed by atoms with Crippen LogP contribution in [0.4, 0.5) is 4.39 Å². The van der Waals surface area contributed by atoms with E-state index in [1.165, 1.54) is 27.0 Å². The molecule has 11 heavy (non-hydrogen) atoms. The normalized spacial score (nSPS) is 9.73. The molecule has 1 aromatic heterocycles. The second-order valence-corrected chi connectivity index (χ2v) is 3.08. The van der Waals surface area contributed by atoms with E-state index in [4.69, 9.17) is 0 Å². The van der Waals surface area contributed by atoms with Crippen LogP contribution in [0.3, 0.4) is 0 Å². The van der Waals surface area contributed by atoms with Crippen molar-refractivity contribution < 1.29 is 9.18 Å². The van der Waals surface area contributed by atoms with E-state index in [0.717, 1.165) is 0 Å². The topological polar surface area (TPSA) is 20.3 Å². The maximum Gasteiger partial charge on any atom is 0.257 e. The third-order valence-corrected chi connectivity index (χ3v) is 1.97. The molecule has 1 aromatic rings. The van der Waals surface area contributed by atoms with Crippen molar-refractivity contribution in [2.45, 2.75) is 0 Å². The van der Waals surface area contributed by atoms with Gasteiger partial charge in [-0.2, -0.15) is 0 Å². The number of amides is 1. The minimum absolute atomic E-state index is 0.153. The number of rotatable bonds is 1. The summed E-state index contributed by atoms with van der Waals surface area (Å²) in [5, 5.41) is 2.83. The quantitative estimate of drug-likeness (QED) is 0.631. The van der Waals surface area contributed by atoms with Gasteiger partial charge < -0.3 is 4.90 Å². The lowest BCUT2D eigenvalue weighted by atomic mass is 10.3. The van der Waals surface area contributed by atoms with Crippen molar-refractivity contribution in [3.63, 3.8) is 0 Å². The first-order valence-corrected chi connectivity index (χ1v) is 4.00. The van der Waals surface area contributed by atoms with Crippen molar-refractivity contribution in [2.75, 3.05) is 14.1 Å². The van der Waals surface area contributed by atoms with E-state index >= 15 is 0 Å². The highest BCUT2D eigenvalue weighted by Crippen LogP contribution is 2.13. The van der Waals surface area contributed by atoms with Crippen molar-refractivity contribution >= 4 is 17.2 Å². The zero-order valence-corrected chi connectivity index (χ0v) is 7.11. The third-order valence-electron chi connectivity index (χ3n) is 1.25. The highest BCUT2D eigenvalue weighted by atomic mass is 32.1. The summed E-state index contributed by atoms with van der Waals surface area (Å²) in [6, 6.07) is 0. The minimum Gasteiger partial charge on any atom is -0.345 e. The highest BCUT2D eigenvalue weighted by Gasteiger charge is 2.13. The minimum atomic E-state index is -0.436. The molecule has 1 amide bonds. The molecule has 0 radical (unpaired) electrons. The molecule has 0 aromatic carbocycles. The van der Waals surface area contributed by atoms with Gasteiger partial charge >= 0.3 is 0 Å². The van der Waals surface area contributed by atoms with Crippen LogP contribution in [0.5, 0.6) is 0 Å². The van der Waals surface area contributed by atoms with Crippen molar-refractivity contribution in [3.8, 4) is 0 Å². The fourth-order valence-corrected chi connectivity index (χ4v) is 1.34. The maximum absolute atomic E-state index is 12.7. The van der Waals surface area contributed by atoms with Crippen molar-refractivity contribution in [3.05, 3.63) is 22.1 Å². The maximum atomic E-state index is 12.7. The molecule has 0 aliphatic rings. The first kappa shape index (κ1) is 8.20. The predicted octanol–water partition coefficient (Wildman–Crippen LogP) is 1.59. The van der Waals surface area contributed by atoms with Crippen LogP contribution < -0.4 is 0 Å². The van der Waals surface area contributed by atoms with Gasteiger partial charge in [0.15, 0.2) is 0 Å². The molecule has 1 heterocycles. The van der Waals surface area contributed by atoms with E-state index in [1.54, 1.807) is 14.1 Å². The molecular formula is C7H8FNOS. The second-order valence-electron chi connectivity index (χ2n) is 2.33. The number of carbonyl (C=O) groups is 1. The summed E-state index contributed by atoms with van der Waals surface area (Å²) in [5.74, 6) is -0.725. The Hall–Kier alpha value is -0.900. The average molecular weight is 173 g/mol. The fourth-order valence-electron chi connectivity index (χ4n) is 0.675. The third kappa shape index (κ3) is 1.57. The lowest BCUT2D eigenvalue weighted by Crippen LogP contribution is -2.21. The molecule has 0 atom stereocenters. The smallest absolute Gasteiger partial charge is 0.257 e. The summed E-state index contributed by atoms with van der Waals surface area (Å²) in [7, 11) is 3.19. The van der Waals surface area contributed by atoms with Gasteiger partial charge in [-0.25, -0.2) is 4.39 Å². The average Bonchev–Trinajstić information content (AvgIpc) is 2.33. The molecule has 2 nitrogen and oxygen atoms in total. The van der Waals surface area contributed by atoms with Crippen molar-refractivity contribution in [1.29, 1.82) is 0 Å². The van der Waals surface area contributed by atoms with E-state index in [1.807, 2.05) is 0 Å². The zero-order chi connectivity index (χ0) is 8.43.